The van der Waals surface area contributed by atoms with Crippen LogP contribution in [0.3, 0.4) is 0 Å². The van der Waals surface area contributed by atoms with Gasteiger partial charge in [-0.25, -0.2) is 9.18 Å². The van der Waals surface area contributed by atoms with Crippen molar-refractivity contribution in [2.75, 3.05) is 18.6 Å². The highest BCUT2D eigenvalue weighted by atomic mass is 19.1. The summed E-state index contributed by atoms with van der Waals surface area (Å²) in [6.45, 7) is 5.52. The molecule has 1 aliphatic rings. The Morgan fingerprint density at radius 3 is 2.53 bits per heavy atom. The number of benzene rings is 2. The topological polar surface area (TPSA) is 29.5 Å². The van der Waals surface area contributed by atoms with Crippen molar-refractivity contribution in [3.8, 4) is 11.8 Å². The first kappa shape index (κ1) is 23.1. The molecular weight excluding hydrogens is 401 g/mol. The van der Waals surface area contributed by atoms with Crippen LogP contribution in [0, 0.1) is 17.7 Å². The number of esters is 1. The zero-order valence-corrected chi connectivity index (χ0v) is 18.8. The van der Waals surface area contributed by atoms with Crippen molar-refractivity contribution < 1.29 is 13.9 Å². The summed E-state index contributed by atoms with van der Waals surface area (Å²) in [5.41, 5.74) is 5.13. The average Bonchev–Trinajstić information content (AvgIpc) is 3.07. The van der Waals surface area contributed by atoms with Crippen LogP contribution in [0.15, 0.2) is 77.9 Å². The Hall–Kier alpha value is -3.58. The molecule has 0 heterocycles. The summed E-state index contributed by atoms with van der Waals surface area (Å²) >= 11 is 0. The van der Waals surface area contributed by atoms with Gasteiger partial charge in [-0.1, -0.05) is 54.7 Å². The van der Waals surface area contributed by atoms with Crippen molar-refractivity contribution in [3.63, 3.8) is 0 Å². The van der Waals surface area contributed by atoms with E-state index in [0.717, 1.165) is 35.2 Å². The maximum Gasteiger partial charge on any atom is 0.340 e. The molecule has 3 rings (SSSR count). The van der Waals surface area contributed by atoms with Gasteiger partial charge in [-0.3, -0.25) is 0 Å². The van der Waals surface area contributed by atoms with E-state index in [2.05, 4.69) is 52.7 Å². The van der Waals surface area contributed by atoms with E-state index in [0.29, 0.717) is 13.1 Å². The number of rotatable bonds is 6. The predicted octanol–water partition coefficient (Wildman–Crippen LogP) is 6.21. The van der Waals surface area contributed by atoms with Gasteiger partial charge in [0.05, 0.1) is 12.7 Å². The number of ether oxygens (including phenoxy) is 1. The zero-order valence-electron chi connectivity index (χ0n) is 18.8. The van der Waals surface area contributed by atoms with E-state index >= 15 is 0 Å². The lowest BCUT2D eigenvalue weighted by Gasteiger charge is -2.24. The van der Waals surface area contributed by atoms with Gasteiger partial charge in [0.1, 0.15) is 5.82 Å². The highest BCUT2D eigenvalue weighted by Gasteiger charge is 2.15. The normalized spacial score (nSPS) is 12.8. The molecule has 0 atom stereocenters. The second-order valence-corrected chi connectivity index (χ2v) is 7.48. The van der Waals surface area contributed by atoms with E-state index in [1.54, 1.807) is 6.07 Å². The predicted molar refractivity (Wildman–Crippen MR) is 128 cm³/mol. The van der Waals surface area contributed by atoms with Crippen molar-refractivity contribution in [2.24, 2.45) is 0 Å². The number of methoxy groups -OCH3 is 1. The van der Waals surface area contributed by atoms with Crippen molar-refractivity contribution in [1.82, 2.24) is 0 Å². The molecule has 3 nitrogen and oxygen atoms in total. The van der Waals surface area contributed by atoms with Crippen LogP contribution in [0.2, 0.25) is 0 Å². The molecule has 0 aromatic heterocycles. The molecule has 0 aliphatic heterocycles. The lowest BCUT2D eigenvalue weighted by Crippen LogP contribution is -2.22. The van der Waals surface area contributed by atoms with Crippen molar-refractivity contribution >= 4 is 11.7 Å². The Labute approximate surface area is 189 Å². The Morgan fingerprint density at radius 1 is 1.06 bits per heavy atom. The van der Waals surface area contributed by atoms with Gasteiger partial charge in [0, 0.05) is 29.9 Å². The minimum atomic E-state index is -0.677. The molecule has 0 unspecified atom stereocenters. The van der Waals surface area contributed by atoms with E-state index < -0.39 is 11.8 Å². The third kappa shape index (κ3) is 5.98. The largest absolute Gasteiger partial charge is 0.465 e. The summed E-state index contributed by atoms with van der Waals surface area (Å²) in [6.07, 6.45) is 10.5. The van der Waals surface area contributed by atoms with Gasteiger partial charge in [-0.05, 0) is 61.7 Å². The summed E-state index contributed by atoms with van der Waals surface area (Å²) in [5.74, 6) is 5.22. The second kappa shape index (κ2) is 11.2. The lowest BCUT2D eigenvalue weighted by atomic mass is 10.1. The molecule has 0 spiro atoms. The highest BCUT2D eigenvalue weighted by Crippen LogP contribution is 2.22. The quantitative estimate of drug-likeness (QED) is 0.404. The molecule has 2 aromatic carbocycles. The summed E-state index contributed by atoms with van der Waals surface area (Å²) in [7, 11) is 1.25. The molecule has 2 aromatic rings. The van der Waals surface area contributed by atoms with Crippen molar-refractivity contribution in [3.05, 3.63) is 100 Å². The fourth-order valence-electron chi connectivity index (χ4n) is 3.45. The van der Waals surface area contributed by atoms with Gasteiger partial charge in [-0.15, -0.1) is 0 Å². The number of anilines is 1. The van der Waals surface area contributed by atoms with E-state index in [4.69, 9.17) is 0 Å². The Morgan fingerprint density at radius 2 is 1.84 bits per heavy atom. The molecule has 1 aliphatic carbocycles. The molecule has 32 heavy (non-hydrogen) atoms. The van der Waals surface area contributed by atoms with Gasteiger partial charge in [0.2, 0.25) is 0 Å². The fraction of sp³-hybridized carbons (Fsp3) is 0.250. The molecule has 0 saturated carbocycles. The van der Waals surface area contributed by atoms with Crippen LogP contribution < -0.4 is 4.90 Å². The third-order valence-electron chi connectivity index (χ3n) is 5.38. The molecule has 0 amide bonds. The number of carbonyl (C=O) groups excluding carboxylic acids is 1. The number of halogens is 1. The van der Waals surface area contributed by atoms with E-state index in [-0.39, 0.29) is 5.56 Å². The third-order valence-corrected chi connectivity index (χ3v) is 5.38. The molecule has 4 heteroatoms. The molecule has 0 N–H and O–H groups in total. The summed E-state index contributed by atoms with van der Waals surface area (Å²) in [4.78, 5) is 13.9. The van der Waals surface area contributed by atoms with Crippen LogP contribution in [0.4, 0.5) is 10.1 Å². The van der Waals surface area contributed by atoms with Crippen LogP contribution in [-0.2, 0) is 11.3 Å². The standard InChI is InChI=1S/C28H28FNO2/c1-4-21-7-6-8-22(10-9-21)11-12-23-13-15-24(16-14-23)20-30(5-2)25-17-18-27(29)26(19-25)28(31)32-3/h7-10,13-19H,4-6,20H2,1-3H3. The van der Waals surface area contributed by atoms with E-state index in [9.17, 15) is 9.18 Å². The fourth-order valence-corrected chi connectivity index (χ4v) is 3.45. The molecule has 0 bridgehead atoms. The van der Waals surface area contributed by atoms with Crippen molar-refractivity contribution in [1.29, 1.82) is 0 Å². The summed E-state index contributed by atoms with van der Waals surface area (Å²) < 4.78 is 18.6. The van der Waals surface area contributed by atoms with Crippen LogP contribution in [0.25, 0.3) is 0 Å². The van der Waals surface area contributed by atoms with E-state index in [1.807, 2.05) is 31.2 Å². The Kier molecular flexibility index (Phi) is 8.05. The van der Waals surface area contributed by atoms with Gasteiger partial charge in [0.15, 0.2) is 0 Å². The van der Waals surface area contributed by atoms with Gasteiger partial charge < -0.3 is 9.64 Å². The minimum absolute atomic E-state index is 0.0582. The zero-order chi connectivity index (χ0) is 22.9. The SMILES string of the molecule is CCC1=CCC=C(C#Cc2ccc(CN(CC)c3ccc(F)c(C(=O)OC)c3)cc2)C=C1. The van der Waals surface area contributed by atoms with Crippen LogP contribution in [-0.4, -0.2) is 19.6 Å². The highest BCUT2D eigenvalue weighted by molar-refractivity contribution is 5.90. The van der Waals surface area contributed by atoms with Crippen molar-refractivity contribution in [2.45, 2.75) is 33.2 Å². The number of allylic oxidation sites excluding steroid dienone is 6. The summed E-state index contributed by atoms with van der Waals surface area (Å²) in [5, 5.41) is 0. The average molecular weight is 430 g/mol. The van der Waals surface area contributed by atoms with Crippen LogP contribution >= 0.6 is 0 Å². The number of nitrogens with zero attached hydrogens (tertiary/aromatic N) is 1. The Bertz CT molecular complexity index is 1110. The summed E-state index contributed by atoms with van der Waals surface area (Å²) in [6, 6.07) is 12.6. The molecule has 0 fully saturated rings. The van der Waals surface area contributed by atoms with Gasteiger partial charge >= 0.3 is 5.97 Å². The maximum absolute atomic E-state index is 14.0. The molecule has 0 radical (unpaired) electrons. The molecule has 0 saturated heterocycles. The maximum atomic E-state index is 14.0. The van der Waals surface area contributed by atoms with Crippen LogP contribution in [0.1, 0.15) is 48.2 Å². The number of carbonyl (C=O) groups is 1. The first-order chi connectivity index (χ1) is 15.5. The first-order valence-corrected chi connectivity index (χ1v) is 10.8. The monoisotopic (exact) mass is 429 g/mol. The molecule has 164 valence electrons. The van der Waals surface area contributed by atoms with Gasteiger partial charge in [-0.2, -0.15) is 0 Å². The number of hydrogen-bond donors (Lipinski definition) is 0. The lowest BCUT2D eigenvalue weighted by molar-refractivity contribution is 0.0595. The second-order valence-electron chi connectivity index (χ2n) is 7.48. The van der Waals surface area contributed by atoms with E-state index in [1.165, 1.54) is 24.8 Å². The smallest absolute Gasteiger partial charge is 0.340 e. The van der Waals surface area contributed by atoms with Gasteiger partial charge in [0.25, 0.3) is 0 Å². The minimum Gasteiger partial charge on any atom is -0.465 e. The molecular formula is C28H28FNO2. The first-order valence-electron chi connectivity index (χ1n) is 10.8. The Balaban J connectivity index is 1.70. The number of hydrogen-bond acceptors (Lipinski definition) is 3. The van der Waals surface area contributed by atoms with Crippen LogP contribution in [0.5, 0.6) is 0 Å².